The lowest BCUT2D eigenvalue weighted by molar-refractivity contribution is -0.123. The Labute approximate surface area is 180 Å². The van der Waals surface area contributed by atoms with Gasteiger partial charge in [0.2, 0.25) is 11.8 Å². The fourth-order valence-electron chi connectivity index (χ4n) is 4.33. The first-order valence-corrected chi connectivity index (χ1v) is 9.95. The number of carbonyl (C=O) groups is 2. The number of imide groups is 1. The Morgan fingerprint density at radius 3 is 1.58 bits per heavy atom. The zero-order chi connectivity index (χ0) is 19.4. The van der Waals surface area contributed by atoms with Crippen LogP contribution in [0.2, 0.25) is 0 Å². The highest BCUT2D eigenvalue weighted by Gasteiger charge is 2.87. The lowest BCUT2D eigenvalue weighted by Gasteiger charge is -2.34. The van der Waals surface area contributed by atoms with Crippen molar-refractivity contribution in [2.24, 2.45) is 11.8 Å². The van der Waals surface area contributed by atoms with Crippen molar-refractivity contribution in [2.45, 2.75) is 27.9 Å². The number of fused-ring (bicyclic) bond motifs is 5. The SMILES string of the molecule is Cc1cc(C)cc(N2C(=O)[C@@H]3[C@H](C2=O)[C@@]2(Cl)C(Cl)=C(Cl)[C@@]3(Cl)C2(Cl)Cl)c1. The van der Waals surface area contributed by atoms with E-state index in [2.05, 4.69) is 0 Å². The second kappa shape index (κ2) is 5.46. The smallest absolute Gasteiger partial charge is 0.240 e. The molecule has 1 aromatic carbocycles. The molecule has 138 valence electrons. The normalized spacial score (nSPS) is 37.8. The van der Waals surface area contributed by atoms with Crippen LogP contribution in [0.15, 0.2) is 28.3 Å². The Kier molecular flexibility index (Phi) is 4.03. The molecule has 0 spiro atoms. The first-order valence-electron chi connectivity index (χ1n) is 7.68. The Hall–Kier alpha value is -0.160. The number of carbonyl (C=O) groups excluding carboxylic acids is 2. The third-order valence-electron chi connectivity index (χ3n) is 5.37. The summed E-state index contributed by atoms with van der Waals surface area (Å²) in [6.45, 7) is 3.74. The van der Waals surface area contributed by atoms with Crippen LogP contribution in [0.3, 0.4) is 0 Å². The molecule has 1 aliphatic heterocycles. The lowest BCUT2D eigenvalue weighted by Crippen LogP contribution is -2.50. The van der Waals surface area contributed by atoms with Gasteiger partial charge in [-0.05, 0) is 37.1 Å². The molecule has 0 unspecified atom stereocenters. The van der Waals surface area contributed by atoms with Gasteiger partial charge in [0.25, 0.3) is 0 Å². The van der Waals surface area contributed by atoms with Gasteiger partial charge in [-0.3, -0.25) is 9.59 Å². The maximum Gasteiger partial charge on any atom is 0.240 e. The van der Waals surface area contributed by atoms with Crippen LogP contribution in [-0.4, -0.2) is 25.9 Å². The summed E-state index contributed by atoms with van der Waals surface area (Å²) in [5.74, 6) is -3.31. The molecule has 9 heteroatoms. The second-order valence-electron chi connectivity index (χ2n) is 6.94. The van der Waals surface area contributed by atoms with E-state index in [1.807, 2.05) is 19.9 Å². The highest BCUT2D eigenvalue weighted by atomic mass is 35.5. The van der Waals surface area contributed by atoms with Gasteiger partial charge in [-0.2, -0.15) is 0 Å². The summed E-state index contributed by atoms with van der Waals surface area (Å²) in [5.41, 5.74) is 2.24. The molecule has 4 rings (SSSR count). The Balaban J connectivity index is 1.92. The number of hydrogen-bond donors (Lipinski definition) is 0. The molecule has 26 heavy (non-hydrogen) atoms. The average molecular weight is 474 g/mol. The number of nitrogens with zero attached hydrogens (tertiary/aromatic N) is 1. The van der Waals surface area contributed by atoms with E-state index in [-0.39, 0.29) is 10.1 Å². The molecule has 3 nitrogen and oxygen atoms in total. The summed E-state index contributed by atoms with van der Waals surface area (Å²) >= 11 is 38.8. The van der Waals surface area contributed by atoms with Crippen molar-refractivity contribution in [3.8, 4) is 0 Å². The van der Waals surface area contributed by atoms with E-state index in [0.29, 0.717) is 5.69 Å². The summed E-state index contributed by atoms with van der Waals surface area (Å²) in [5, 5.41) is -0.184. The molecule has 0 N–H and O–H groups in total. The number of hydrogen-bond acceptors (Lipinski definition) is 2. The van der Waals surface area contributed by atoms with Crippen molar-refractivity contribution in [3.63, 3.8) is 0 Å². The number of allylic oxidation sites excluding steroid dienone is 2. The third kappa shape index (κ3) is 1.86. The van der Waals surface area contributed by atoms with Gasteiger partial charge in [0.15, 0.2) is 4.33 Å². The first-order chi connectivity index (χ1) is 11.9. The predicted octanol–water partition coefficient (Wildman–Crippen LogP) is 5.25. The summed E-state index contributed by atoms with van der Waals surface area (Å²) < 4.78 is -1.91. The van der Waals surface area contributed by atoms with Crippen molar-refractivity contribution < 1.29 is 9.59 Å². The van der Waals surface area contributed by atoms with Gasteiger partial charge in [0.1, 0.15) is 9.75 Å². The summed E-state index contributed by atoms with van der Waals surface area (Å²) in [6.07, 6.45) is 0. The molecular formula is C17H11Cl6NO2. The first kappa shape index (κ1) is 19.2. The largest absolute Gasteiger partial charge is 0.274 e. The Bertz CT molecular complexity index is 862. The topological polar surface area (TPSA) is 37.4 Å². The van der Waals surface area contributed by atoms with E-state index in [1.165, 1.54) is 0 Å². The van der Waals surface area contributed by atoms with Gasteiger partial charge in [-0.15, -0.1) is 23.2 Å². The van der Waals surface area contributed by atoms with E-state index in [0.717, 1.165) is 16.0 Å². The van der Waals surface area contributed by atoms with Crippen LogP contribution in [0.25, 0.3) is 0 Å². The number of rotatable bonds is 1. The highest BCUT2D eigenvalue weighted by Crippen LogP contribution is 2.77. The fourth-order valence-corrected chi connectivity index (χ4v) is 7.26. The number of amides is 2. The van der Waals surface area contributed by atoms with Crippen LogP contribution < -0.4 is 4.90 Å². The Morgan fingerprint density at radius 2 is 1.19 bits per heavy atom. The van der Waals surface area contributed by atoms with Gasteiger partial charge in [0.05, 0.1) is 27.6 Å². The van der Waals surface area contributed by atoms with Crippen LogP contribution in [0.1, 0.15) is 11.1 Å². The van der Waals surface area contributed by atoms with Crippen molar-refractivity contribution in [1.82, 2.24) is 0 Å². The molecule has 2 fully saturated rings. The van der Waals surface area contributed by atoms with E-state index in [4.69, 9.17) is 69.6 Å². The molecule has 2 bridgehead atoms. The molecule has 2 amide bonds. The van der Waals surface area contributed by atoms with Crippen molar-refractivity contribution in [2.75, 3.05) is 4.90 Å². The van der Waals surface area contributed by atoms with Gasteiger partial charge in [0, 0.05) is 0 Å². The maximum atomic E-state index is 13.2. The quantitative estimate of drug-likeness (QED) is 0.412. The molecule has 0 aromatic heterocycles. The molecule has 3 aliphatic rings. The van der Waals surface area contributed by atoms with Crippen molar-refractivity contribution in [3.05, 3.63) is 39.4 Å². The zero-order valence-corrected chi connectivity index (χ0v) is 18.0. The molecule has 0 radical (unpaired) electrons. The number of alkyl halides is 4. The molecule has 2 aliphatic carbocycles. The van der Waals surface area contributed by atoms with E-state index >= 15 is 0 Å². The number of aryl methyl sites for hydroxylation is 2. The predicted molar refractivity (Wildman–Crippen MR) is 106 cm³/mol. The molecule has 1 saturated heterocycles. The number of halogens is 6. The number of anilines is 1. The minimum atomic E-state index is -1.91. The minimum Gasteiger partial charge on any atom is -0.274 e. The molecule has 1 saturated carbocycles. The maximum absolute atomic E-state index is 13.2. The fraction of sp³-hybridized carbons (Fsp3) is 0.412. The summed E-state index contributed by atoms with van der Waals surface area (Å²) in [4.78, 5) is 24.0. The van der Waals surface area contributed by atoms with Crippen molar-refractivity contribution >= 4 is 87.1 Å². The van der Waals surface area contributed by atoms with Crippen LogP contribution in [0, 0.1) is 25.7 Å². The van der Waals surface area contributed by atoms with E-state index in [1.54, 1.807) is 12.1 Å². The van der Waals surface area contributed by atoms with Gasteiger partial charge < -0.3 is 0 Å². The number of benzene rings is 1. The monoisotopic (exact) mass is 471 g/mol. The van der Waals surface area contributed by atoms with Crippen LogP contribution >= 0.6 is 69.6 Å². The zero-order valence-electron chi connectivity index (χ0n) is 13.4. The van der Waals surface area contributed by atoms with Gasteiger partial charge >= 0.3 is 0 Å². The molecule has 4 atom stereocenters. The highest BCUT2D eigenvalue weighted by molar-refractivity contribution is 6.67. The van der Waals surface area contributed by atoms with Crippen LogP contribution in [0.5, 0.6) is 0 Å². The van der Waals surface area contributed by atoms with Crippen LogP contribution in [0.4, 0.5) is 5.69 Å². The standard InChI is InChI=1S/C17H11Cl6NO2/c1-6-3-7(2)5-8(4-6)24-13(25)9-10(14(24)26)16(21)12(19)11(18)15(9,20)17(16,22)23/h3-5,9-10H,1-2H3/t9-,10+,15-,16-/m1/s1. The summed E-state index contributed by atoms with van der Waals surface area (Å²) in [6, 6.07) is 5.40. The van der Waals surface area contributed by atoms with E-state index < -0.39 is 37.7 Å². The van der Waals surface area contributed by atoms with Crippen molar-refractivity contribution in [1.29, 1.82) is 0 Å². The third-order valence-corrected chi connectivity index (χ3v) is 9.63. The average Bonchev–Trinajstić information content (AvgIpc) is 2.91. The lowest BCUT2D eigenvalue weighted by atomic mass is 9.84. The van der Waals surface area contributed by atoms with Crippen LogP contribution in [-0.2, 0) is 9.59 Å². The van der Waals surface area contributed by atoms with Gasteiger partial charge in [-0.25, -0.2) is 4.90 Å². The second-order valence-corrected chi connectivity index (χ2v) is 10.2. The molecule has 1 heterocycles. The molecular weight excluding hydrogens is 463 g/mol. The minimum absolute atomic E-state index is 0.0921. The summed E-state index contributed by atoms with van der Waals surface area (Å²) in [7, 11) is 0. The Morgan fingerprint density at radius 1 is 0.808 bits per heavy atom. The van der Waals surface area contributed by atoms with Gasteiger partial charge in [-0.1, -0.05) is 52.5 Å². The molecule has 1 aromatic rings. The van der Waals surface area contributed by atoms with E-state index in [9.17, 15) is 9.59 Å².